The minimum absolute atomic E-state index is 0.153. The summed E-state index contributed by atoms with van der Waals surface area (Å²) < 4.78 is 12.8. The molecular formula is C15H18FN3OS. The number of hydrogen-bond acceptors (Lipinski definition) is 4. The number of nitrogens with one attached hydrogen (secondary N) is 2. The summed E-state index contributed by atoms with van der Waals surface area (Å²) in [6.07, 6.45) is 0. The van der Waals surface area contributed by atoms with E-state index >= 15 is 0 Å². The maximum absolute atomic E-state index is 12.8. The van der Waals surface area contributed by atoms with Gasteiger partial charge >= 0.3 is 0 Å². The van der Waals surface area contributed by atoms with Gasteiger partial charge in [0.05, 0.1) is 11.4 Å². The van der Waals surface area contributed by atoms with Crippen LogP contribution in [0.4, 0.5) is 4.39 Å². The van der Waals surface area contributed by atoms with Crippen molar-refractivity contribution in [2.75, 3.05) is 0 Å². The second-order valence-corrected chi connectivity index (χ2v) is 6.01. The standard InChI is InChI=1S/C15H18FN3OS/c1-10(2)17-8-12-7-15(20)19-14(18-12)9-21-13-5-3-11(16)4-6-13/h3-7,10,17H,8-9H2,1-2H3,(H,18,19,20). The highest BCUT2D eigenvalue weighted by molar-refractivity contribution is 7.98. The van der Waals surface area contributed by atoms with Crippen molar-refractivity contribution < 1.29 is 4.39 Å². The lowest BCUT2D eigenvalue weighted by atomic mass is 10.3. The van der Waals surface area contributed by atoms with Gasteiger partial charge in [-0.15, -0.1) is 11.8 Å². The fourth-order valence-electron chi connectivity index (χ4n) is 1.71. The predicted molar refractivity (Wildman–Crippen MR) is 82.8 cm³/mol. The van der Waals surface area contributed by atoms with Gasteiger partial charge in [0.1, 0.15) is 11.6 Å². The van der Waals surface area contributed by atoms with Crippen LogP contribution in [0.1, 0.15) is 25.4 Å². The van der Waals surface area contributed by atoms with Crippen molar-refractivity contribution >= 4 is 11.8 Å². The molecule has 112 valence electrons. The van der Waals surface area contributed by atoms with Crippen LogP contribution in [-0.2, 0) is 12.3 Å². The molecule has 0 aliphatic rings. The third kappa shape index (κ3) is 5.32. The van der Waals surface area contributed by atoms with Crippen molar-refractivity contribution in [2.24, 2.45) is 0 Å². The van der Waals surface area contributed by atoms with Gasteiger partial charge in [0.25, 0.3) is 5.56 Å². The van der Waals surface area contributed by atoms with E-state index in [1.165, 1.54) is 30.0 Å². The predicted octanol–water partition coefficient (Wildman–Crippen LogP) is 2.70. The van der Waals surface area contributed by atoms with Crippen LogP contribution in [0, 0.1) is 5.82 Å². The lowest BCUT2D eigenvalue weighted by Crippen LogP contribution is -2.24. The lowest BCUT2D eigenvalue weighted by molar-refractivity contribution is 0.579. The van der Waals surface area contributed by atoms with Crippen LogP contribution >= 0.6 is 11.8 Å². The summed E-state index contributed by atoms with van der Waals surface area (Å²) in [5.41, 5.74) is 0.572. The maximum Gasteiger partial charge on any atom is 0.251 e. The molecular weight excluding hydrogens is 289 g/mol. The topological polar surface area (TPSA) is 57.8 Å². The smallest absolute Gasteiger partial charge is 0.251 e. The molecule has 0 aliphatic heterocycles. The van der Waals surface area contributed by atoms with Gasteiger partial charge in [0.15, 0.2) is 0 Å². The van der Waals surface area contributed by atoms with Crippen LogP contribution in [0.15, 0.2) is 40.0 Å². The lowest BCUT2D eigenvalue weighted by Gasteiger charge is -2.08. The first kappa shape index (κ1) is 15.7. The highest BCUT2D eigenvalue weighted by atomic mass is 32.2. The van der Waals surface area contributed by atoms with Gasteiger partial charge < -0.3 is 10.3 Å². The summed E-state index contributed by atoms with van der Waals surface area (Å²) in [7, 11) is 0. The SMILES string of the molecule is CC(C)NCc1cc(=O)[nH]c(CSc2ccc(F)cc2)n1. The van der Waals surface area contributed by atoms with E-state index in [0.29, 0.717) is 24.2 Å². The van der Waals surface area contributed by atoms with E-state index in [-0.39, 0.29) is 11.4 Å². The quantitative estimate of drug-likeness (QED) is 0.806. The fourth-order valence-corrected chi connectivity index (χ4v) is 2.48. The van der Waals surface area contributed by atoms with Gasteiger partial charge in [-0.05, 0) is 24.3 Å². The van der Waals surface area contributed by atoms with E-state index < -0.39 is 0 Å². The Balaban J connectivity index is 2.02. The fraction of sp³-hybridized carbons (Fsp3) is 0.333. The molecule has 21 heavy (non-hydrogen) atoms. The minimum Gasteiger partial charge on any atom is -0.310 e. The second kappa shape index (κ2) is 7.38. The molecule has 1 heterocycles. The third-order valence-corrected chi connectivity index (χ3v) is 3.75. The molecule has 0 radical (unpaired) electrons. The van der Waals surface area contributed by atoms with Crippen molar-refractivity contribution in [1.82, 2.24) is 15.3 Å². The van der Waals surface area contributed by atoms with Gasteiger partial charge in [0, 0.05) is 23.5 Å². The van der Waals surface area contributed by atoms with Crippen LogP contribution < -0.4 is 10.9 Å². The molecule has 0 amide bonds. The molecule has 0 unspecified atom stereocenters. The van der Waals surface area contributed by atoms with Crippen LogP contribution in [-0.4, -0.2) is 16.0 Å². The summed E-state index contributed by atoms with van der Waals surface area (Å²) in [6, 6.07) is 8.10. The molecule has 0 aliphatic carbocycles. The van der Waals surface area contributed by atoms with Crippen molar-refractivity contribution in [3.05, 3.63) is 58.0 Å². The molecule has 1 aromatic carbocycles. The number of benzene rings is 1. The maximum atomic E-state index is 12.8. The zero-order valence-electron chi connectivity index (χ0n) is 12.0. The molecule has 0 fully saturated rings. The molecule has 2 rings (SSSR count). The summed E-state index contributed by atoms with van der Waals surface area (Å²) in [6.45, 7) is 4.65. The Hall–Kier alpha value is -1.66. The molecule has 0 saturated heterocycles. The van der Waals surface area contributed by atoms with Gasteiger partial charge in [-0.2, -0.15) is 0 Å². The number of hydrogen-bond donors (Lipinski definition) is 2. The average molecular weight is 307 g/mol. The normalized spacial score (nSPS) is 11.0. The molecule has 0 atom stereocenters. The first-order valence-corrected chi connectivity index (χ1v) is 7.72. The van der Waals surface area contributed by atoms with E-state index in [9.17, 15) is 9.18 Å². The van der Waals surface area contributed by atoms with Gasteiger partial charge in [-0.25, -0.2) is 9.37 Å². The van der Waals surface area contributed by atoms with Crippen LogP contribution in [0.25, 0.3) is 0 Å². The van der Waals surface area contributed by atoms with E-state index in [1.807, 2.05) is 13.8 Å². The van der Waals surface area contributed by atoms with Crippen molar-refractivity contribution in [3.8, 4) is 0 Å². The molecule has 2 aromatic rings. The molecule has 0 spiro atoms. The molecule has 4 nitrogen and oxygen atoms in total. The Morgan fingerprint density at radius 2 is 2.05 bits per heavy atom. The van der Waals surface area contributed by atoms with Crippen LogP contribution in [0.3, 0.4) is 0 Å². The molecule has 0 saturated carbocycles. The molecule has 0 bridgehead atoms. The Morgan fingerprint density at radius 3 is 2.71 bits per heavy atom. The number of thioether (sulfide) groups is 1. The number of nitrogens with zero attached hydrogens (tertiary/aromatic N) is 1. The van der Waals surface area contributed by atoms with Gasteiger partial charge in [-0.3, -0.25) is 4.79 Å². The number of rotatable bonds is 6. The summed E-state index contributed by atoms with van der Waals surface area (Å²) in [5.74, 6) is 0.904. The third-order valence-electron chi connectivity index (χ3n) is 2.72. The number of H-pyrrole nitrogens is 1. The monoisotopic (exact) mass is 307 g/mol. The number of aromatic nitrogens is 2. The highest BCUT2D eigenvalue weighted by Gasteiger charge is 2.04. The van der Waals surface area contributed by atoms with E-state index in [0.717, 1.165) is 10.6 Å². The van der Waals surface area contributed by atoms with Gasteiger partial charge in [0.2, 0.25) is 0 Å². The minimum atomic E-state index is -0.257. The summed E-state index contributed by atoms with van der Waals surface area (Å²) in [4.78, 5) is 19.7. The van der Waals surface area contributed by atoms with E-state index in [4.69, 9.17) is 0 Å². The Kier molecular flexibility index (Phi) is 5.52. The van der Waals surface area contributed by atoms with Gasteiger partial charge in [-0.1, -0.05) is 13.8 Å². The zero-order valence-corrected chi connectivity index (χ0v) is 12.8. The number of aromatic amines is 1. The zero-order chi connectivity index (χ0) is 15.2. The summed E-state index contributed by atoms with van der Waals surface area (Å²) >= 11 is 1.50. The van der Waals surface area contributed by atoms with Crippen molar-refractivity contribution in [3.63, 3.8) is 0 Å². The Morgan fingerprint density at radius 1 is 1.33 bits per heavy atom. The Labute approximate surface area is 127 Å². The van der Waals surface area contributed by atoms with E-state index in [2.05, 4.69) is 15.3 Å². The van der Waals surface area contributed by atoms with Crippen LogP contribution in [0.5, 0.6) is 0 Å². The number of halogens is 1. The first-order chi connectivity index (χ1) is 10.0. The second-order valence-electron chi connectivity index (χ2n) is 4.96. The molecule has 6 heteroatoms. The molecule has 1 aromatic heterocycles. The summed E-state index contributed by atoms with van der Waals surface area (Å²) in [5, 5.41) is 3.23. The first-order valence-electron chi connectivity index (χ1n) is 6.74. The highest BCUT2D eigenvalue weighted by Crippen LogP contribution is 2.21. The van der Waals surface area contributed by atoms with Crippen LogP contribution in [0.2, 0.25) is 0 Å². The van der Waals surface area contributed by atoms with E-state index in [1.54, 1.807) is 12.1 Å². The van der Waals surface area contributed by atoms with Crippen molar-refractivity contribution in [1.29, 1.82) is 0 Å². The van der Waals surface area contributed by atoms with Crippen molar-refractivity contribution in [2.45, 2.75) is 37.1 Å². The average Bonchev–Trinajstić information content (AvgIpc) is 2.44. The Bertz CT molecular complexity index is 640. The molecule has 2 N–H and O–H groups in total. The largest absolute Gasteiger partial charge is 0.310 e.